The van der Waals surface area contributed by atoms with Crippen LogP contribution in [0.1, 0.15) is 57.1 Å². The maximum atomic E-state index is 12.2. The lowest BCUT2D eigenvalue weighted by Gasteiger charge is -2.09. The van der Waals surface area contributed by atoms with E-state index in [0.29, 0.717) is 22.7 Å². The molecule has 1 unspecified atom stereocenters. The van der Waals surface area contributed by atoms with Crippen LogP contribution in [-0.2, 0) is 4.79 Å². The van der Waals surface area contributed by atoms with Crippen LogP contribution in [0.25, 0.3) is 10.2 Å². The van der Waals surface area contributed by atoms with Crippen molar-refractivity contribution in [2.24, 2.45) is 0 Å². The standard InChI is InChI=1S/C22H26N2O2S/c1-5-15(4)17-9-10-19-20(12-17)27-22(23-19)24-21(25)13-26-18-8-6-7-16(11-18)14(2)3/h6-12,14-15H,5,13H2,1-4H3,(H,23,24,25). The van der Waals surface area contributed by atoms with Crippen LogP contribution in [0.5, 0.6) is 5.75 Å². The molecule has 1 amide bonds. The van der Waals surface area contributed by atoms with E-state index in [9.17, 15) is 4.79 Å². The normalized spacial score (nSPS) is 12.3. The smallest absolute Gasteiger partial charge is 0.264 e. The van der Waals surface area contributed by atoms with Gasteiger partial charge in [0.15, 0.2) is 11.7 Å². The molecule has 27 heavy (non-hydrogen) atoms. The number of hydrogen-bond donors (Lipinski definition) is 1. The minimum atomic E-state index is -0.203. The Labute approximate surface area is 164 Å². The summed E-state index contributed by atoms with van der Waals surface area (Å²) >= 11 is 1.50. The third-order valence-electron chi connectivity index (χ3n) is 4.73. The SMILES string of the molecule is CCC(C)c1ccc2nc(NC(=O)COc3cccc(C(C)C)c3)sc2c1. The van der Waals surface area contributed by atoms with Crippen molar-refractivity contribution >= 4 is 32.6 Å². The summed E-state index contributed by atoms with van der Waals surface area (Å²) in [6, 6.07) is 14.2. The summed E-state index contributed by atoms with van der Waals surface area (Å²) in [7, 11) is 0. The minimum Gasteiger partial charge on any atom is -0.484 e. The Morgan fingerprint density at radius 3 is 2.70 bits per heavy atom. The van der Waals surface area contributed by atoms with Gasteiger partial charge in [0.2, 0.25) is 0 Å². The van der Waals surface area contributed by atoms with Crippen molar-refractivity contribution in [3.8, 4) is 5.75 Å². The summed E-state index contributed by atoms with van der Waals surface area (Å²) in [4.78, 5) is 16.7. The minimum absolute atomic E-state index is 0.0322. The van der Waals surface area contributed by atoms with E-state index in [1.165, 1.54) is 22.5 Å². The van der Waals surface area contributed by atoms with Gasteiger partial charge in [-0.1, -0.05) is 57.2 Å². The third-order valence-corrected chi connectivity index (χ3v) is 5.67. The van der Waals surface area contributed by atoms with Crippen LogP contribution in [0.2, 0.25) is 0 Å². The summed E-state index contributed by atoms with van der Waals surface area (Å²) in [6.45, 7) is 8.63. The molecule has 2 aromatic carbocycles. The van der Waals surface area contributed by atoms with E-state index in [4.69, 9.17) is 4.74 Å². The number of thiazole rings is 1. The largest absolute Gasteiger partial charge is 0.484 e. The van der Waals surface area contributed by atoms with Crippen LogP contribution < -0.4 is 10.1 Å². The van der Waals surface area contributed by atoms with Gasteiger partial charge in [0, 0.05) is 0 Å². The van der Waals surface area contributed by atoms with E-state index in [0.717, 1.165) is 16.6 Å². The molecule has 0 aliphatic heterocycles. The molecule has 0 aliphatic carbocycles. The number of carbonyl (C=O) groups excluding carboxylic acids is 1. The van der Waals surface area contributed by atoms with Gasteiger partial charge < -0.3 is 4.74 Å². The molecule has 3 rings (SSSR count). The topological polar surface area (TPSA) is 51.2 Å². The first-order chi connectivity index (χ1) is 13.0. The van der Waals surface area contributed by atoms with Crippen LogP contribution >= 0.6 is 11.3 Å². The van der Waals surface area contributed by atoms with E-state index in [-0.39, 0.29) is 12.5 Å². The predicted octanol–water partition coefficient (Wildman–Crippen LogP) is 5.95. The van der Waals surface area contributed by atoms with Crippen molar-refractivity contribution in [3.05, 3.63) is 53.6 Å². The monoisotopic (exact) mass is 382 g/mol. The average molecular weight is 383 g/mol. The number of ether oxygens (including phenoxy) is 1. The van der Waals surface area contributed by atoms with Crippen LogP contribution in [0.4, 0.5) is 5.13 Å². The maximum Gasteiger partial charge on any atom is 0.264 e. The van der Waals surface area contributed by atoms with Crippen LogP contribution in [-0.4, -0.2) is 17.5 Å². The van der Waals surface area contributed by atoms with Crippen molar-refractivity contribution in [3.63, 3.8) is 0 Å². The van der Waals surface area contributed by atoms with Crippen molar-refractivity contribution in [2.45, 2.75) is 46.0 Å². The molecule has 3 aromatic rings. The molecule has 0 saturated heterocycles. The average Bonchev–Trinajstić information content (AvgIpc) is 3.07. The molecule has 0 bridgehead atoms. The first-order valence-corrected chi connectivity index (χ1v) is 10.2. The van der Waals surface area contributed by atoms with Crippen LogP contribution in [0.15, 0.2) is 42.5 Å². The van der Waals surface area contributed by atoms with E-state index >= 15 is 0 Å². The molecule has 4 nitrogen and oxygen atoms in total. The lowest BCUT2D eigenvalue weighted by atomic mass is 9.99. The van der Waals surface area contributed by atoms with Crippen molar-refractivity contribution in [1.29, 1.82) is 0 Å². The van der Waals surface area contributed by atoms with Gasteiger partial charge in [-0.25, -0.2) is 4.98 Å². The quantitative estimate of drug-likeness (QED) is 0.549. The molecule has 1 aromatic heterocycles. The first-order valence-electron chi connectivity index (χ1n) is 9.39. The predicted molar refractivity (Wildman–Crippen MR) is 113 cm³/mol. The molecular formula is C22H26N2O2S. The van der Waals surface area contributed by atoms with Gasteiger partial charge >= 0.3 is 0 Å². The Bertz CT molecular complexity index is 933. The Morgan fingerprint density at radius 1 is 1.15 bits per heavy atom. The van der Waals surface area contributed by atoms with Gasteiger partial charge in [0.25, 0.3) is 5.91 Å². The zero-order valence-electron chi connectivity index (χ0n) is 16.3. The number of nitrogens with one attached hydrogen (secondary N) is 1. The number of fused-ring (bicyclic) bond motifs is 1. The Kier molecular flexibility index (Phi) is 6.11. The second kappa shape index (κ2) is 8.53. The Balaban J connectivity index is 1.63. The first kappa shape index (κ1) is 19.4. The van der Waals surface area contributed by atoms with Crippen LogP contribution in [0.3, 0.4) is 0 Å². The number of rotatable bonds is 7. The van der Waals surface area contributed by atoms with Gasteiger partial charge in [-0.2, -0.15) is 0 Å². The molecule has 0 fully saturated rings. The molecule has 142 valence electrons. The summed E-state index contributed by atoms with van der Waals surface area (Å²) in [5.41, 5.74) is 3.41. The van der Waals surface area contributed by atoms with E-state index in [1.807, 2.05) is 24.3 Å². The molecule has 0 radical (unpaired) electrons. The zero-order valence-corrected chi connectivity index (χ0v) is 17.1. The fourth-order valence-corrected chi connectivity index (χ4v) is 3.74. The second-order valence-electron chi connectivity index (χ2n) is 7.12. The van der Waals surface area contributed by atoms with Gasteiger partial charge in [0.05, 0.1) is 10.2 Å². The number of carbonyl (C=O) groups is 1. The molecule has 1 atom stereocenters. The fraction of sp³-hybridized carbons (Fsp3) is 0.364. The number of amides is 1. The van der Waals surface area contributed by atoms with Crippen molar-refractivity contribution in [1.82, 2.24) is 4.98 Å². The highest BCUT2D eigenvalue weighted by atomic mass is 32.1. The maximum absolute atomic E-state index is 12.2. The molecule has 0 saturated carbocycles. The number of benzene rings is 2. The van der Waals surface area contributed by atoms with Crippen LogP contribution in [0, 0.1) is 0 Å². The Hall–Kier alpha value is -2.40. The van der Waals surface area contributed by atoms with Gasteiger partial charge in [-0.05, 0) is 53.6 Å². The van der Waals surface area contributed by atoms with Crippen molar-refractivity contribution < 1.29 is 9.53 Å². The Morgan fingerprint density at radius 2 is 1.96 bits per heavy atom. The molecule has 1 N–H and O–H groups in total. The lowest BCUT2D eigenvalue weighted by molar-refractivity contribution is -0.118. The lowest BCUT2D eigenvalue weighted by Crippen LogP contribution is -2.20. The summed E-state index contributed by atoms with van der Waals surface area (Å²) in [5, 5.41) is 3.45. The number of aromatic nitrogens is 1. The highest BCUT2D eigenvalue weighted by molar-refractivity contribution is 7.22. The van der Waals surface area contributed by atoms with Crippen molar-refractivity contribution in [2.75, 3.05) is 11.9 Å². The van der Waals surface area contributed by atoms with E-state index < -0.39 is 0 Å². The number of nitrogens with zero attached hydrogens (tertiary/aromatic N) is 1. The number of hydrogen-bond acceptors (Lipinski definition) is 4. The molecular weight excluding hydrogens is 356 g/mol. The van der Waals surface area contributed by atoms with E-state index in [2.05, 4.69) is 56.2 Å². The van der Waals surface area contributed by atoms with Gasteiger partial charge in [-0.15, -0.1) is 0 Å². The van der Waals surface area contributed by atoms with Gasteiger partial charge in [-0.3, -0.25) is 10.1 Å². The summed E-state index contributed by atoms with van der Waals surface area (Å²) in [6.07, 6.45) is 1.10. The number of anilines is 1. The summed E-state index contributed by atoms with van der Waals surface area (Å²) in [5.74, 6) is 1.44. The molecule has 1 heterocycles. The fourth-order valence-electron chi connectivity index (χ4n) is 2.80. The summed E-state index contributed by atoms with van der Waals surface area (Å²) < 4.78 is 6.73. The zero-order chi connectivity index (χ0) is 19.4. The third kappa shape index (κ3) is 4.86. The highest BCUT2D eigenvalue weighted by Gasteiger charge is 2.11. The molecule has 0 aliphatic rings. The molecule has 0 spiro atoms. The van der Waals surface area contributed by atoms with Gasteiger partial charge in [0.1, 0.15) is 5.75 Å². The highest BCUT2D eigenvalue weighted by Crippen LogP contribution is 2.30. The molecule has 5 heteroatoms. The van der Waals surface area contributed by atoms with E-state index in [1.54, 1.807) is 0 Å². The second-order valence-corrected chi connectivity index (χ2v) is 8.15.